The van der Waals surface area contributed by atoms with Gasteiger partial charge in [-0.15, -0.1) is 0 Å². The first-order chi connectivity index (χ1) is 17.6. The Morgan fingerprint density at radius 3 is 2.03 bits per heavy atom. The molecule has 0 bridgehead atoms. The van der Waals surface area contributed by atoms with Crippen molar-refractivity contribution in [3.8, 4) is 5.75 Å². The maximum atomic E-state index is 13.1. The van der Waals surface area contributed by atoms with Crippen LogP contribution in [-0.2, 0) is 31.4 Å². The Balaban J connectivity index is 1.29. The summed E-state index contributed by atoms with van der Waals surface area (Å²) in [6.07, 6.45) is 3.70. The van der Waals surface area contributed by atoms with E-state index in [4.69, 9.17) is 4.74 Å². The number of nitrogens with one attached hydrogen (secondary N) is 1. The Morgan fingerprint density at radius 2 is 1.43 bits per heavy atom. The van der Waals surface area contributed by atoms with E-state index in [1.165, 1.54) is 8.61 Å². The van der Waals surface area contributed by atoms with Crippen molar-refractivity contribution in [3.63, 3.8) is 0 Å². The fourth-order valence-electron chi connectivity index (χ4n) is 4.89. The van der Waals surface area contributed by atoms with Crippen molar-refractivity contribution in [3.05, 3.63) is 53.6 Å². The van der Waals surface area contributed by atoms with Crippen LogP contribution in [0.15, 0.2) is 52.3 Å². The van der Waals surface area contributed by atoms with Crippen LogP contribution in [0.25, 0.3) is 0 Å². The number of aryl methyl sites for hydroxylation is 1. The molecule has 0 atom stereocenters. The van der Waals surface area contributed by atoms with Gasteiger partial charge in [-0.3, -0.25) is 4.79 Å². The number of amides is 1. The van der Waals surface area contributed by atoms with Gasteiger partial charge in [0.25, 0.3) is 0 Å². The normalized spacial score (nSPS) is 18.4. The number of methoxy groups -OCH3 is 1. The van der Waals surface area contributed by atoms with E-state index >= 15 is 0 Å². The van der Waals surface area contributed by atoms with Gasteiger partial charge in [-0.2, -0.15) is 8.61 Å². The number of carbonyl (C=O) groups is 1. The van der Waals surface area contributed by atoms with Crippen molar-refractivity contribution in [2.75, 3.05) is 33.3 Å². The van der Waals surface area contributed by atoms with Crippen LogP contribution in [0.2, 0.25) is 0 Å². The van der Waals surface area contributed by atoms with E-state index in [9.17, 15) is 21.6 Å². The molecule has 0 radical (unpaired) electrons. The van der Waals surface area contributed by atoms with Gasteiger partial charge in [0.05, 0.1) is 16.9 Å². The van der Waals surface area contributed by atoms with Crippen LogP contribution in [0.3, 0.4) is 0 Å². The van der Waals surface area contributed by atoms with Gasteiger partial charge in [-0.1, -0.05) is 18.6 Å². The molecule has 2 fully saturated rings. The molecule has 0 unspecified atom stereocenters. The minimum Gasteiger partial charge on any atom is -0.496 e. The summed E-state index contributed by atoms with van der Waals surface area (Å²) in [6, 6.07) is 11.4. The van der Waals surface area contributed by atoms with Gasteiger partial charge in [-0.05, 0) is 74.1 Å². The third-order valence-corrected chi connectivity index (χ3v) is 11.0. The predicted molar refractivity (Wildman–Crippen MR) is 140 cm³/mol. The van der Waals surface area contributed by atoms with Gasteiger partial charge in [0.2, 0.25) is 26.0 Å². The lowest BCUT2D eigenvalue weighted by atomic mass is 9.97. The molecule has 37 heavy (non-hydrogen) atoms. The largest absolute Gasteiger partial charge is 0.496 e. The Bertz CT molecular complexity index is 1310. The molecule has 1 amide bonds. The van der Waals surface area contributed by atoms with E-state index < -0.39 is 20.0 Å². The number of ether oxygens (including phenoxy) is 1. The van der Waals surface area contributed by atoms with Crippen molar-refractivity contribution >= 4 is 26.0 Å². The second kappa shape index (κ2) is 11.5. The Kier molecular flexibility index (Phi) is 8.57. The highest BCUT2D eigenvalue weighted by atomic mass is 32.2. The first-order valence-corrected chi connectivity index (χ1v) is 15.5. The molecule has 2 aromatic carbocycles. The molecule has 2 aliphatic heterocycles. The molecule has 202 valence electrons. The summed E-state index contributed by atoms with van der Waals surface area (Å²) in [5.41, 5.74) is 1.55. The third-order valence-electron chi connectivity index (χ3n) is 7.17. The van der Waals surface area contributed by atoms with E-state index in [0.717, 1.165) is 30.4 Å². The molecular formula is C26H35N3O6S2. The summed E-state index contributed by atoms with van der Waals surface area (Å²) in [4.78, 5) is 13.2. The van der Waals surface area contributed by atoms with E-state index in [-0.39, 0.29) is 41.3 Å². The SMILES string of the molecule is COc1ccc(S(=O)(=O)N2CCC(C(=O)NCc3ccc(S(=O)(=O)N4CCCCC4)cc3)CC2)cc1C. The van der Waals surface area contributed by atoms with Crippen LogP contribution < -0.4 is 10.1 Å². The molecule has 11 heteroatoms. The van der Waals surface area contributed by atoms with Crippen LogP contribution in [0.5, 0.6) is 5.75 Å². The second-order valence-corrected chi connectivity index (χ2v) is 13.5. The Labute approximate surface area is 219 Å². The average molecular weight is 550 g/mol. The van der Waals surface area contributed by atoms with Crippen LogP contribution in [0, 0.1) is 12.8 Å². The van der Waals surface area contributed by atoms with Crippen LogP contribution in [0.1, 0.15) is 43.2 Å². The zero-order valence-corrected chi connectivity index (χ0v) is 23.0. The molecule has 4 rings (SSSR count). The molecule has 2 heterocycles. The molecule has 0 spiro atoms. The summed E-state index contributed by atoms with van der Waals surface area (Å²) in [5.74, 6) is 0.234. The Morgan fingerprint density at radius 1 is 0.865 bits per heavy atom. The van der Waals surface area contributed by atoms with Crippen molar-refractivity contribution < 1.29 is 26.4 Å². The standard InChI is InChI=1S/C26H35N3O6S2/c1-20-18-24(10-11-25(20)35-2)37(33,34)29-16-12-22(13-17-29)26(30)27-19-21-6-8-23(9-7-21)36(31,32)28-14-4-3-5-15-28/h6-11,18,22H,3-5,12-17,19H2,1-2H3,(H,27,30). The molecular weight excluding hydrogens is 514 g/mol. The minimum absolute atomic E-state index is 0.123. The summed E-state index contributed by atoms with van der Waals surface area (Å²) >= 11 is 0. The van der Waals surface area contributed by atoms with Gasteiger partial charge in [0.1, 0.15) is 5.75 Å². The first kappa shape index (κ1) is 27.6. The zero-order chi connectivity index (χ0) is 26.6. The first-order valence-electron chi connectivity index (χ1n) is 12.6. The van der Waals surface area contributed by atoms with E-state index in [0.29, 0.717) is 31.7 Å². The van der Waals surface area contributed by atoms with Crippen LogP contribution in [-0.4, -0.2) is 64.6 Å². The van der Waals surface area contributed by atoms with Crippen LogP contribution >= 0.6 is 0 Å². The highest BCUT2D eigenvalue weighted by Crippen LogP contribution is 2.27. The van der Waals surface area contributed by atoms with Gasteiger partial charge >= 0.3 is 0 Å². The predicted octanol–water partition coefficient (Wildman–Crippen LogP) is 2.90. The van der Waals surface area contributed by atoms with Crippen molar-refractivity contribution in [2.24, 2.45) is 5.92 Å². The highest BCUT2D eigenvalue weighted by molar-refractivity contribution is 7.89. The number of benzene rings is 2. The summed E-state index contributed by atoms with van der Waals surface area (Å²) in [7, 11) is -5.59. The molecule has 2 aromatic rings. The molecule has 0 aliphatic carbocycles. The lowest BCUT2D eigenvalue weighted by Crippen LogP contribution is -2.42. The van der Waals surface area contributed by atoms with Gasteiger partial charge in [0, 0.05) is 38.6 Å². The van der Waals surface area contributed by atoms with Gasteiger partial charge in [-0.25, -0.2) is 16.8 Å². The fourth-order valence-corrected chi connectivity index (χ4v) is 7.96. The minimum atomic E-state index is -3.64. The van der Waals surface area contributed by atoms with Crippen molar-refractivity contribution in [2.45, 2.75) is 55.4 Å². The zero-order valence-electron chi connectivity index (χ0n) is 21.4. The van der Waals surface area contributed by atoms with Gasteiger partial charge in [0.15, 0.2) is 0 Å². The lowest BCUT2D eigenvalue weighted by molar-refractivity contribution is -0.126. The van der Waals surface area contributed by atoms with E-state index in [2.05, 4.69) is 5.32 Å². The smallest absolute Gasteiger partial charge is 0.243 e. The van der Waals surface area contributed by atoms with E-state index in [1.807, 2.05) is 0 Å². The number of hydrogen-bond acceptors (Lipinski definition) is 6. The molecule has 0 saturated carbocycles. The fraction of sp³-hybridized carbons (Fsp3) is 0.500. The number of rotatable bonds is 8. The quantitative estimate of drug-likeness (QED) is 0.542. The molecule has 2 aliphatic rings. The van der Waals surface area contributed by atoms with Crippen LogP contribution in [0.4, 0.5) is 0 Å². The number of sulfonamides is 2. The number of nitrogens with zero attached hydrogens (tertiary/aromatic N) is 2. The highest BCUT2D eigenvalue weighted by Gasteiger charge is 2.32. The topological polar surface area (TPSA) is 113 Å². The Hall–Kier alpha value is -2.47. The lowest BCUT2D eigenvalue weighted by Gasteiger charge is -2.30. The second-order valence-electron chi connectivity index (χ2n) is 9.64. The molecule has 2 saturated heterocycles. The number of carbonyl (C=O) groups excluding carboxylic acids is 1. The molecule has 1 N–H and O–H groups in total. The van der Waals surface area contributed by atoms with E-state index in [1.54, 1.807) is 56.5 Å². The monoisotopic (exact) mass is 549 g/mol. The maximum Gasteiger partial charge on any atom is 0.243 e. The maximum absolute atomic E-state index is 13.1. The van der Waals surface area contributed by atoms with Crippen molar-refractivity contribution in [1.82, 2.24) is 13.9 Å². The molecule has 0 aromatic heterocycles. The summed E-state index contributed by atoms with van der Waals surface area (Å²) in [6.45, 7) is 3.74. The average Bonchev–Trinajstić information content (AvgIpc) is 2.92. The summed E-state index contributed by atoms with van der Waals surface area (Å²) < 4.78 is 59.9. The summed E-state index contributed by atoms with van der Waals surface area (Å²) in [5, 5.41) is 2.91. The van der Waals surface area contributed by atoms with Crippen molar-refractivity contribution in [1.29, 1.82) is 0 Å². The number of piperidine rings is 2. The number of hydrogen-bond donors (Lipinski definition) is 1. The van der Waals surface area contributed by atoms with Gasteiger partial charge < -0.3 is 10.1 Å². The molecule has 9 nitrogen and oxygen atoms in total. The third kappa shape index (κ3) is 6.17.